The molecule has 0 amide bonds. The number of fused-ring (bicyclic) bond motifs is 1. The maximum absolute atomic E-state index is 9.35. The van der Waals surface area contributed by atoms with Crippen LogP contribution in [-0.4, -0.2) is 18.1 Å². The predicted octanol–water partition coefficient (Wildman–Crippen LogP) is 2.66. The lowest BCUT2D eigenvalue weighted by Crippen LogP contribution is -2.27. The van der Waals surface area contributed by atoms with Crippen LogP contribution >= 0.6 is 0 Å². The average Bonchev–Trinajstić information content (AvgIpc) is 2.69. The third-order valence-corrected chi connectivity index (χ3v) is 3.50. The lowest BCUT2D eigenvalue weighted by molar-refractivity contribution is 0.331. The zero-order chi connectivity index (χ0) is 13.9. The van der Waals surface area contributed by atoms with Gasteiger partial charge < -0.3 is 9.64 Å². The van der Waals surface area contributed by atoms with Crippen LogP contribution in [0.15, 0.2) is 36.5 Å². The van der Waals surface area contributed by atoms with Crippen molar-refractivity contribution in [3.8, 4) is 11.8 Å². The molecular weight excluding hydrogens is 250 g/mol. The zero-order valence-corrected chi connectivity index (χ0v) is 11.3. The molecule has 0 saturated heterocycles. The Kier molecular flexibility index (Phi) is 3.26. The number of nitrogens with zero attached hydrogens (tertiary/aromatic N) is 3. The van der Waals surface area contributed by atoms with Crippen molar-refractivity contribution in [2.75, 3.05) is 18.1 Å². The molecule has 1 aromatic heterocycles. The van der Waals surface area contributed by atoms with Gasteiger partial charge in [-0.1, -0.05) is 18.2 Å². The van der Waals surface area contributed by atoms with Crippen molar-refractivity contribution in [3.63, 3.8) is 0 Å². The van der Waals surface area contributed by atoms with Crippen LogP contribution < -0.4 is 9.64 Å². The van der Waals surface area contributed by atoms with E-state index in [0.29, 0.717) is 18.7 Å². The molecule has 0 atom stereocenters. The van der Waals surface area contributed by atoms with E-state index in [4.69, 9.17) is 4.74 Å². The minimum absolute atomic E-state index is 0.595. The van der Waals surface area contributed by atoms with E-state index >= 15 is 0 Å². The van der Waals surface area contributed by atoms with Gasteiger partial charge in [0.1, 0.15) is 24.2 Å². The summed E-state index contributed by atoms with van der Waals surface area (Å²) in [6.45, 7) is 3.96. The molecule has 2 heterocycles. The molecule has 1 aliphatic heterocycles. The first-order valence-electron chi connectivity index (χ1n) is 6.61. The minimum Gasteiger partial charge on any atom is -0.491 e. The highest BCUT2D eigenvalue weighted by Gasteiger charge is 2.19. The Labute approximate surface area is 118 Å². The number of aromatic nitrogens is 1. The van der Waals surface area contributed by atoms with E-state index in [1.54, 1.807) is 6.20 Å². The van der Waals surface area contributed by atoms with Crippen LogP contribution in [0.5, 0.6) is 5.75 Å². The van der Waals surface area contributed by atoms with Gasteiger partial charge in [0.2, 0.25) is 0 Å². The van der Waals surface area contributed by atoms with Crippen molar-refractivity contribution in [3.05, 3.63) is 53.2 Å². The van der Waals surface area contributed by atoms with Crippen molar-refractivity contribution in [2.45, 2.75) is 13.5 Å². The standard InChI is InChI=1S/C16H15N3O/c1-12-6-7-18-16(14(12)10-17)19-8-9-20-15-5-3-2-4-13(15)11-19/h2-7H,8-9,11H2,1H3. The van der Waals surface area contributed by atoms with Crippen molar-refractivity contribution in [1.82, 2.24) is 4.98 Å². The Hall–Kier alpha value is -2.54. The third kappa shape index (κ3) is 2.19. The fraction of sp³-hybridized carbons (Fsp3) is 0.250. The monoisotopic (exact) mass is 265 g/mol. The van der Waals surface area contributed by atoms with Crippen molar-refractivity contribution >= 4 is 5.82 Å². The van der Waals surface area contributed by atoms with Gasteiger partial charge in [-0.25, -0.2) is 4.98 Å². The average molecular weight is 265 g/mol. The second-order valence-corrected chi connectivity index (χ2v) is 4.82. The van der Waals surface area contributed by atoms with Crippen LogP contribution in [0.2, 0.25) is 0 Å². The van der Waals surface area contributed by atoms with Gasteiger partial charge in [-0.2, -0.15) is 5.26 Å². The number of hydrogen-bond acceptors (Lipinski definition) is 4. The fourth-order valence-electron chi connectivity index (χ4n) is 2.43. The number of para-hydroxylation sites is 1. The van der Waals surface area contributed by atoms with E-state index in [9.17, 15) is 5.26 Å². The van der Waals surface area contributed by atoms with Crippen molar-refractivity contribution in [1.29, 1.82) is 5.26 Å². The van der Waals surface area contributed by atoms with E-state index in [1.807, 2.05) is 31.2 Å². The van der Waals surface area contributed by atoms with Gasteiger partial charge in [-0.3, -0.25) is 0 Å². The fourth-order valence-corrected chi connectivity index (χ4v) is 2.43. The summed E-state index contributed by atoms with van der Waals surface area (Å²) in [7, 11) is 0. The molecule has 4 nitrogen and oxygen atoms in total. The molecular formula is C16H15N3O. The highest BCUT2D eigenvalue weighted by molar-refractivity contribution is 5.58. The van der Waals surface area contributed by atoms with Gasteiger partial charge in [0.25, 0.3) is 0 Å². The van der Waals surface area contributed by atoms with Gasteiger partial charge in [-0.15, -0.1) is 0 Å². The topological polar surface area (TPSA) is 49.2 Å². The number of ether oxygens (including phenoxy) is 1. The summed E-state index contributed by atoms with van der Waals surface area (Å²) in [6.07, 6.45) is 1.75. The summed E-state index contributed by atoms with van der Waals surface area (Å²) >= 11 is 0. The molecule has 1 aromatic carbocycles. The van der Waals surface area contributed by atoms with Gasteiger partial charge in [0, 0.05) is 18.3 Å². The summed E-state index contributed by atoms with van der Waals surface area (Å²) in [6, 6.07) is 12.1. The third-order valence-electron chi connectivity index (χ3n) is 3.50. The normalized spacial score (nSPS) is 13.9. The molecule has 0 aliphatic carbocycles. The first kappa shape index (κ1) is 12.5. The molecule has 4 heteroatoms. The molecule has 20 heavy (non-hydrogen) atoms. The zero-order valence-electron chi connectivity index (χ0n) is 11.3. The molecule has 2 aromatic rings. The Bertz CT molecular complexity index is 676. The predicted molar refractivity (Wildman–Crippen MR) is 76.7 cm³/mol. The maximum atomic E-state index is 9.35. The summed E-state index contributed by atoms with van der Waals surface area (Å²) in [5.41, 5.74) is 2.72. The quantitative estimate of drug-likeness (QED) is 0.795. The Morgan fingerprint density at radius 3 is 3.00 bits per heavy atom. The van der Waals surface area contributed by atoms with E-state index in [1.165, 1.54) is 0 Å². The molecule has 3 rings (SSSR count). The highest BCUT2D eigenvalue weighted by atomic mass is 16.5. The molecule has 0 fully saturated rings. The summed E-state index contributed by atoms with van der Waals surface area (Å²) in [4.78, 5) is 6.51. The van der Waals surface area contributed by atoms with E-state index in [0.717, 1.165) is 29.2 Å². The minimum atomic E-state index is 0.595. The molecule has 0 spiro atoms. The summed E-state index contributed by atoms with van der Waals surface area (Å²) in [5, 5.41) is 9.35. The van der Waals surface area contributed by atoms with Gasteiger partial charge in [0.05, 0.1) is 12.1 Å². The SMILES string of the molecule is Cc1ccnc(N2CCOc3ccccc3C2)c1C#N. The van der Waals surface area contributed by atoms with Crippen LogP contribution in [0.4, 0.5) is 5.82 Å². The lowest BCUT2D eigenvalue weighted by Gasteiger charge is -2.22. The number of anilines is 1. The van der Waals surface area contributed by atoms with E-state index in [-0.39, 0.29) is 0 Å². The molecule has 0 bridgehead atoms. The molecule has 1 aliphatic rings. The Balaban J connectivity index is 2.00. The largest absolute Gasteiger partial charge is 0.491 e. The number of benzene rings is 1. The molecule has 0 radical (unpaired) electrons. The van der Waals surface area contributed by atoms with Crippen LogP contribution in [0.1, 0.15) is 16.7 Å². The lowest BCUT2D eigenvalue weighted by atomic mass is 10.1. The Morgan fingerprint density at radius 1 is 1.30 bits per heavy atom. The molecule has 0 N–H and O–H groups in total. The smallest absolute Gasteiger partial charge is 0.147 e. The first-order chi connectivity index (χ1) is 9.79. The molecule has 0 unspecified atom stereocenters. The Morgan fingerprint density at radius 2 is 2.15 bits per heavy atom. The van der Waals surface area contributed by atoms with E-state index in [2.05, 4.69) is 22.0 Å². The van der Waals surface area contributed by atoms with Gasteiger partial charge >= 0.3 is 0 Å². The van der Waals surface area contributed by atoms with Crippen LogP contribution in [0.3, 0.4) is 0 Å². The number of aryl methyl sites for hydroxylation is 1. The maximum Gasteiger partial charge on any atom is 0.147 e. The van der Waals surface area contributed by atoms with Gasteiger partial charge in [-0.05, 0) is 24.6 Å². The highest BCUT2D eigenvalue weighted by Crippen LogP contribution is 2.27. The summed E-state index contributed by atoms with van der Waals surface area (Å²) < 4.78 is 5.75. The molecule has 100 valence electrons. The van der Waals surface area contributed by atoms with Crippen molar-refractivity contribution in [2.24, 2.45) is 0 Å². The van der Waals surface area contributed by atoms with Crippen LogP contribution in [-0.2, 0) is 6.54 Å². The summed E-state index contributed by atoms with van der Waals surface area (Å²) in [5.74, 6) is 1.66. The number of pyridine rings is 1. The van der Waals surface area contributed by atoms with Gasteiger partial charge in [0.15, 0.2) is 0 Å². The second-order valence-electron chi connectivity index (χ2n) is 4.82. The number of nitriles is 1. The number of rotatable bonds is 1. The van der Waals surface area contributed by atoms with Crippen LogP contribution in [0, 0.1) is 18.3 Å². The first-order valence-corrected chi connectivity index (χ1v) is 6.61. The number of hydrogen-bond donors (Lipinski definition) is 0. The molecule has 0 saturated carbocycles. The second kappa shape index (κ2) is 5.22. The van der Waals surface area contributed by atoms with Crippen molar-refractivity contribution < 1.29 is 4.74 Å². The van der Waals surface area contributed by atoms with Crippen LogP contribution in [0.25, 0.3) is 0 Å². The van der Waals surface area contributed by atoms with E-state index < -0.39 is 0 Å².